The number of amides is 2. The molecule has 0 saturated carbocycles. The predicted molar refractivity (Wildman–Crippen MR) is 117 cm³/mol. The molecule has 0 spiro atoms. The van der Waals surface area contributed by atoms with Gasteiger partial charge in [-0.2, -0.15) is 0 Å². The molecule has 0 aliphatic heterocycles. The van der Waals surface area contributed by atoms with Gasteiger partial charge < -0.3 is 30.2 Å². The molecule has 1 aromatic heterocycles. The van der Waals surface area contributed by atoms with Gasteiger partial charge in [0.1, 0.15) is 5.69 Å². The maximum atomic E-state index is 12.6. The van der Waals surface area contributed by atoms with Crippen molar-refractivity contribution < 1.29 is 78.9 Å². The first-order valence-corrected chi connectivity index (χ1v) is 9.97. The van der Waals surface area contributed by atoms with E-state index in [-0.39, 0.29) is 59.1 Å². The van der Waals surface area contributed by atoms with Gasteiger partial charge >= 0.3 is 65.1 Å². The zero-order chi connectivity index (χ0) is 23.4. The molecular weight excluding hydrogens is 456 g/mol. The fraction of sp³-hybridized carbons (Fsp3) is 0.208. The Bertz CT molecular complexity index is 1240. The van der Waals surface area contributed by atoms with Crippen molar-refractivity contribution in [1.82, 2.24) is 9.88 Å². The third-order valence-corrected chi connectivity index (χ3v) is 5.06. The van der Waals surface area contributed by atoms with Crippen LogP contribution in [-0.4, -0.2) is 16.6 Å². The van der Waals surface area contributed by atoms with Gasteiger partial charge in [0.2, 0.25) is 0 Å². The third-order valence-electron chi connectivity index (χ3n) is 5.06. The first-order valence-electron chi connectivity index (χ1n) is 9.97. The van der Waals surface area contributed by atoms with E-state index in [1.807, 2.05) is 37.3 Å². The SMILES string of the molecule is Cc1cccc(-c2cccc([C@H](CC(=O)[O-])NC(=O)Nc3c([O-])c(C)cn(C)c3=O)c2)c1.[Na+].[Na+]. The fourth-order valence-electron chi connectivity index (χ4n) is 3.47. The van der Waals surface area contributed by atoms with E-state index in [9.17, 15) is 24.6 Å². The summed E-state index contributed by atoms with van der Waals surface area (Å²) in [6.45, 7) is 3.50. The van der Waals surface area contributed by atoms with Crippen molar-refractivity contribution in [3.63, 3.8) is 0 Å². The Hall–Kier alpha value is -2.07. The van der Waals surface area contributed by atoms with Crippen LogP contribution >= 0.6 is 0 Å². The summed E-state index contributed by atoms with van der Waals surface area (Å²) in [5.74, 6) is -1.95. The van der Waals surface area contributed by atoms with Crippen LogP contribution in [0.1, 0.15) is 29.2 Å². The average Bonchev–Trinajstić information content (AvgIpc) is 2.75. The van der Waals surface area contributed by atoms with Gasteiger partial charge in [-0.05, 0) is 42.2 Å². The van der Waals surface area contributed by atoms with Crippen molar-refractivity contribution in [2.24, 2.45) is 7.05 Å². The van der Waals surface area contributed by atoms with Crippen molar-refractivity contribution in [2.45, 2.75) is 26.3 Å². The number of carbonyl (C=O) groups excluding carboxylic acids is 2. The number of nitrogens with one attached hydrogen (secondary N) is 2. The number of hydrogen-bond acceptors (Lipinski definition) is 5. The minimum absolute atomic E-state index is 0. The molecule has 34 heavy (non-hydrogen) atoms. The standard InChI is InChI=1S/C24H25N3O5.2Na/c1-14-6-4-7-16(10-14)17-8-5-9-18(11-17)19(12-20(28)29)25-24(32)26-21-22(30)15(2)13-27(3)23(21)31;;/h4-11,13,19,30H,12H2,1-3H3,(H,28,29)(H2,25,26,32);;/q;2*+1/p-2/t19-;;/m0../s1. The van der Waals surface area contributed by atoms with Crippen LogP contribution < -0.4 is 85.5 Å². The molecule has 2 aromatic carbocycles. The number of carboxylic acids is 1. The number of pyridine rings is 1. The summed E-state index contributed by atoms with van der Waals surface area (Å²) < 4.78 is 1.19. The van der Waals surface area contributed by atoms with Gasteiger partial charge in [0, 0.05) is 25.6 Å². The second-order valence-corrected chi connectivity index (χ2v) is 7.65. The summed E-state index contributed by atoms with van der Waals surface area (Å²) in [7, 11) is 1.47. The zero-order valence-electron chi connectivity index (χ0n) is 20.0. The minimum atomic E-state index is -1.35. The van der Waals surface area contributed by atoms with Crippen molar-refractivity contribution in [3.05, 3.63) is 81.8 Å². The quantitative estimate of drug-likeness (QED) is 0.347. The number of nitrogens with zero attached hydrogens (tertiary/aromatic N) is 1. The molecule has 3 rings (SSSR count). The maximum Gasteiger partial charge on any atom is 1.00 e. The number of aryl methyl sites for hydroxylation is 3. The number of anilines is 1. The van der Waals surface area contributed by atoms with Crippen LogP contribution in [0, 0.1) is 13.8 Å². The predicted octanol–water partition coefficient (Wildman–Crippen LogP) is -4.25. The first-order chi connectivity index (χ1) is 15.2. The maximum absolute atomic E-state index is 12.6. The molecule has 3 aromatic rings. The molecule has 0 radical (unpaired) electrons. The summed E-state index contributed by atoms with van der Waals surface area (Å²) in [4.78, 5) is 36.2. The minimum Gasteiger partial charge on any atom is -0.871 e. The average molecular weight is 479 g/mol. The zero-order valence-corrected chi connectivity index (χ0v) is 24.0. The van der Waals surface area contributed by atoms with Gasteiger partial charge in [-0.3, -0.25) is 4.79 Å². The Kier molecular flexibility index (Phi) is 11.6. The Morgan fingerprint density at radius 3 is 2.26 bits per heavy atom. The molecule has 0 unspecified atom stereocenters. The molecule has 2 N–H and O–H groups in total. The fourth-order valence-corrected chi connectivity index (χ4v) is 3.47. The van der Waals surface area contributed by atoms with Gasteiger partial charge in [-0.25, -0.2) is 4.79 Å². The molecule has 10 heteroatoms. The topological polar surface area (TPSA) is 126 Å². The Morgan fingerprint density at radius 2 is 1.65 bits per heavy atom. The van der Waals surface area contributed by atoms with Crippen LogP contribution in [0.5, 0.6) is 5.75 Å². The van der Waals surface area contributed by atoms with Crippen LogP contribution in [0.15, 0.2) is 59.5 Å². The van der Waals surface area contributed by atoms with Crippen LogP contribution in [-0.2, 0) is 11.8 Å². The van der Waals surface area contributed by atoms with Crippen molar-refractivity contribution in [2.75, 3.05) is 5.32 Å². The number of carboxylic acid groups (broad SMARTS) is 1. The molecule has 0 saturated heterocycles. The summed E-state index contributed by atoms with van der Waals surface area (Å²) in [6.07, 6.45) is 0.893. The molecule has 0 bridgehead atoms. The molecule has 1 heterocycles. The monoisotopic (exact) mass is 479 g/mol. The molecule has 8 nitrogen and oxygen atoms in total. The van der Waals surface area contributed by atoms with Gasteiger partial charge in [0.15, 0.2) is 0 Å². The second kappa shape index (κ2) is 13.1. The van der Waals surface area contributed by atoms with Crippen LogP contribution in [0.3, 0.4) is 0 Å². The third kappa shape index (κ3) is 7.46. The van der Waals surface area contributed by atoms with E-state index in [1.165, 1.54) is 24.7 Å². The van der Waals surface area contributed by atoms with E-state index in [2.05, 4.69) is 10.6 Å². The molecule has 0 aliphatic rings. The summed E-state index contributed by atoms with van der Waals surface area (Å²) in [5, 5.41) is 28.4. The van der Waals surface area contributed by atoms with Crippen molar-refractivity contribution in [1.29, 1.82) is 0 Å². The van der Waals surface area contributed by atoms with Crippen molar-refractivity contribution in [3.8, 4) is 16.9 Å². The van der Waals surface area contributed by atoms with Gasteiger partial charge in [0.25, 0.3) is 5.56 Å². The Morgan fingerprint density at radius 1 is 1.03 bits per heavy atom. The number of urea groups is 1. The van der Waals surface area contributed by atoms with E-state index >= 15 is 0 Å². The number of rotatable bonds is 6. The first kappa shape index (κ1) is 30.0. The van der Waals surface area contributed by atoms with E-state index in [4.69, 9.17) is 0 Å². The smallest absolute Gasteiger partial charge is 0.871 e. The number of benzene rings is 2. The Labute approximate surface area is 242 Å². The number of aliphatic carboxylic acids is 1. The molecule has 1 atom stereocenters. The van der Waals surface area contributed by atoms with Crippen LogP contribution in [0.25, 0.3) is 11.1 Å². The Balaban J connectivity index is 0.00000289. The van der Waals surface area contributed by atoms with Crippen LogP contribution in [0.4, 0.5) is 10.5 Å². The van der Waals surface area contributed by atoms with E-state index in [0.717, 1.165) is 16.7 Å². The molecule has 0 fully saturated rings. The summed E-state index contributed by atoms with van der Waals surface area (Å²) in [5.41, 5.74) is 2.65. The van der Waals surface area contributed by atoms with Crippen LogP contribution in [0.2, 0.25) is 0 Å². The number of hydrogen-bond donors (Lipinski definition) is 2. The number of aromatic nitrogens is 1. The summed E-state index contributed by atoms with van der Waals surface area (Å²) in [6, 6.07) is 13.1. The summed E-state index contributed by atoms with van der Waals surface area (Å²) >= 11 is 0. The normalized spacial score (nSPS) is 10.9. The van der Waals surface area contributed by atoms with E-state index < -0.39 is 41.5 Å². The molecule has 2 amide bonds. The van der Waals surface area contributed by atoms with Crippen molar-refractivity contribution >= 4 is 17.7 Å². The van der Waals surface area contributed by atoms with Gasteiger partial charge in [-0.15, -0.1) is 0 Å². The largest absolute Gasteiger partial charge is 1.00 e. The molecular formula is C24H23N3Na2O5. The molecule has 0 aliphatic carbocycles. The van der Waals surface area contributed by atoms with Gasteiger partial charge in [0.05, 0.1) is 6.04 Å². The second-order valence-electron chi connectivity index (χ2n) is 7.65. The number of carbonyl (C=O) groups is 2. The van der Waals surface area contributed by atoms with E-state index in [0.29, 0.717) is 11.1 Å². The molecule has 166 valence electrons. The van der Waals surface area contributed by atoms with Gasteiger partial charge in [-0.1, -0.05) is 53.8 Å². The van der Waals surface area contributed by atoms with E-state index in [1.54, 1.807) is 18.2 Å².